The summed E-state index contributed by atoms with van der Waals surface area (Å²) in [5, 5.41) is 0. The molecule has 176 valence electrons. The molecule has 0 spiro atoms. The molecule has 0 saturated heterocycles. The van der Waals surface area contributed by atoms with Crippen molar-refractivity contribution in [1.82, 2.24) is 0 Å². The fraction of sp³-hybridized carbons (Fsp3) is 0.250. The topological polar surface area (TPSA) is 15.7 Å². The number of para-hydroxylation sites is 3. The van der Waals surface area contributed by atoms with Crippen LogP contribution in [0.5, 0.6) is 11.5 Å². The van der Waals surface area contributed by atoms with E-state index in [0.29, 0.717) is 6.04 Å². The average molecular weight is 461 g/mol. The quantitative estimate of drug-likeness (QED) is 0.304. The third kappa shape index (κ3) is 3.25. The molecule has 2 heterocycles. The van der Waals surface area contributed by atoms with Gasteiger partial charge in [0.2, 0.25) is 0 Å². The minimum atomic E-state index is -0.0873. The van der Waals surface area contributed by atoms with Gasteiger partial charge >= 0.3 is 0 Å². The van der Waals surface area contributed by atoms with Crippen molar-refractivity contribution in [1.29, 1.82) is 0 Å². The number of hydrogen-bond donors (Lipinski definition) is 0. The van der Waals surface area contributed by atoms with E-state index in [1.54, 1.807) is 0 Å². The minimum absolute atomic E-state index is 0.0873. The second kappa shape index (κ2) is 7.91. The lowest BCUT2D eigenvalue weighted by Gasteiger charge is -2.44. The smallest absolute Gasteiger partial charge is 0.151 e. The number of ether oxygens (including phenoxy) is 1. The van der Waals surface area contributed by atoms with Crippen molar-refractivity contribution in [2.24, 2.45) is 0 Å². The fourth-order valence-corrected chi connectivity index (χ4v) is 5.82. The average Bonchev–Trinajstić information content (AvgIpc) is 2.87. The van der Waals surface area contributed by atoms with Gasteiger partial charge < -0.3 is 14.5 Å². The third-order valence-corrected chi connectivity index (χ3v) is 7.56. The SMILES string of the molecule is CCN1c2ccccc2Oc2cc(-c3ccc4c(c3)C(C)(C)c3ccccc3N4C(C)C)ccc21. The summed E-state index contributed by atoms with van der Waals surface area (Å²) in [5.41, 5.74) is 9.90. The first-order valence-electron chi connectivity index (χ1n) is 12.6. The third-order valence-electron chi connectivity index (χ3n) is 7.56. The van der Waals surface area contributed by atoms with Gasteiger partial charge in [-0.1, -0.05) is 56.3 Å². The van der Waals surface area contributed by atoms with Crippen molar-refractivity contribution >= 4 is 22.7 Å². The molecule has 3 nitrogen and oxygen atoms in total. The van der Waals surface area contributed by atoms with Crippen LogP contribution in [-0.4, -0.2) is 12.6 Å². The summed E-state index contributed by atoms with van der Waals surface area (Å²) >= 11 is 0. The van der Waals surface area contributed by atoms with Crippen LogP contribution in [0, 0.1) is 0 Å². The van der Waals surface area contributed by atoms with Gasteiger partial charge in [-0.25, -0.2) is 0 Å². The fourth-order valence-electron chi connectivity index (χ4n) is 5.82. The molecule has 0 atom stereocenters. The molecule has 0 N–H and O–H groups in total. The maximum absolute atomic E-state index is 6.37. The number of rotatable bonds is 3. The monoisotopic (exact) mass is 460 g/mol. The molecular weight excluding hydrogens is 428 g/mol. The van der Waals surface area contributed by atoms with E-state index in [-0.39, 0.29) is 5.41 Å². The molecule has 0 saturated carbocycles. The second-order valence-corrected chi connectivity index (χ2v) is 10.3. The highest BCUT2D eigenvalue weighted by atomic mass is 16.5. The molecule has 4 aromatic carbocycles. The molecule has 0 radical (unpaired) electrons. The number of anilines is 4. The van der Waals surface area contributed by atoms with E-state index in [2.05, 4.69) is 117 Å². The Morgan fingerprint density at radius 3 is 2.03 bits per heavy atom. The predicted molar refractivity (Wildman–Crippen MR) is 147 cm³/mol. The molecule has 2 aliphatic rings. The molecule has 0 aliphatic carbocycles. The van der Waals surface area contributed by atoms with Gasteiger partial charge in [0.05, 0.1) is 11.4 Å². The van der Waals surface area contributed by atoms with Crippen LogP contribution in [0.4, 0.5) is 22.7 Å². The standard InChI is InChI=1S/C32H32N2O/c1-6-33-28-13-9-10-14-30(28)35-31-20-23(16-18-29(31)33)22-15-17-27-25(19-22)32(4,5)24-11-7-8-12-26(24)34(27)21(2)3/h7-21H,6H2,1-5H3. The van der Waals surface area contributed by atoms with E-state index in [1.807, 2.05) is 12.1 Å². The summed E-state index contributed by atoms with van der Waals surface area (Å²) in [4.78, 5) is 4.80. The summed E-state index contributed by atoms with van der Waals surface area (Å²) in [7, 11) is 0. The van der Waals surface area contributed by atoms with Crippen molar-refractivity contribution < 1.29 is 4.74 Å². The molecule has 6 rings (SSSR count). The van der Waals surface area contributed by atoms with Crippen molar-refractivity contribution in [3.8, 4) is 22.6 Å². The zero-order valence-electron chi connectivity index (χ0n) is 21.2. The van der Waals surface area contributed by atoms with Crippen LogP contribution in [-0.2, 0) is 5.41 Å². The van der Waals surface area contributed by atoms with Crippen molar-refractivity contribution in [2.75, 3.05) is 16.3 Å². The van der Waals surface area contributed by atoms with Gasteiger partial charge in [0.15, 0.2) is 11.5 Å². The lowest BCUT2D eigenvalue weighted by Crippen LogP contribution is -2.36. The van der Waals surface area contributed by atoms with E-state index in [9.17, 15) is 0 Å². The Balaban J connectivity index is 1.46. The summed E-state index contributed by atoms with van der Waals surface area (Å²) in [6.07, 6.45) is 0. The summed E-state index contributed by atoms with van der Waals surface area (Å²) in [6.45, 7) is 12.3. The van der Waals surface area contributed by atoms with Crippen LogP contribution in [0.1, 0.15) is 45.7 Å². The molecule has 0 aromatic heterocycles. The first-order chi connectivity index (χ1) is 16.9. The Morgan fingerprint density at radius 1 is 0.686 bits per heavy atom. The highest BCUT2D eigenvalue weighted by Crippen LogP contribution is 2.51. The first kappa shape index (κ1) is 21.8. The number of hydrogen-bond acceptors (Lipinski definition) is 3. The molecule has 0 fully saturated rings. The Morgan fingerprint density at radius 2 is 1.29 bits per heavy atom. The van der Waals surface area contributed by atoms with E-state index >= 15 is 0 Å². The van der Waals surface area contributed by atoms with Crippen LogP contribution < -0.4 is 14.5 Å². The first-order valence-corrected chi connectivity index (χ1v) is 12.6. The van der Waals surface area contributed by atoms with Gasteiger partial charge in [0.25, 0.3) is 0 Å². The van der Waals surface area contributed by atoms with Crippen LogP contribution >= 0.6 is 0 Å². The summed E-state index contributed by atoms with van der Waals surface area (Å²) < 4.78 is 6.37. The highest BCUT2D eigenvalue weighted by Gasteiger charge is 2.37. The van der Waals surface area contributed by atoms with E-state index in [1.165, 1.54) is 33.6 Å². The van der Waals surface area contributed by atoms with Gasteiger partial charge in [-0.05, 0) is 85.5 Å². The maximum Gasteiger partial charge on any atom is 0.151 e. The second-order valence-electron chi connectivity index (χ2n) is 10.3. The normalized spacial score (nSPS) is 15.1. The van der Waals surface area contributed by atoms with Crippen LogP contribution in [0.3, 0.4) is 0 Å². The summed E-state index contributed by atoms with van der Waals surface area (Å²) in [6, 6.07) is 31.1. The number of benzene rings is 4. The zero-order chi connectivity index (χ0) is 24.3. The zero-order valence-corrected chi connectivity index (χ0v) is 21.2. The van der Waals surface area contributed by atoms with Gasteiger partial charge in [0, 0.05) is 29.4 Å². The molecule has 35 heavy (non-hydrogen) atoms. The largest absolute Gasteiger partial charge is 0.453 e. The van der Waals surface area contributed by atoms with Crippen molar-refractivity contribution in [3.63, 3.8) is 0 Å². The Hall–Kier alpha value is -3.72. The highest BCUT2D eigenvalue weighted by molar-refractivity contribution is 5.84. The van der Waals surface area contributed by atoms with Crippen LogP contribution in [0.25, 0.3) is 11.1 Å². The summed E-state index contributed by atoms with van der Waals surface area (Å²) in [5.74, 6) is 1.82. The lowest BCUT2D eigenvalue weighted by atomic mass is 9.72. The molecule has 0 bridgehead atoms. The van der Waals surface area contributed by atoms with Crippen LogP contribution in [0.15, 0.2) is 84.9 Å². The molecule has 3 heteroatoms. The maximum atomic E-state index is 6.37. The predicted octanol–water partition coefficient (Wildman–Crippen LogP) is 8.80. The van der Waals surface area contributed by atoms with E-state index in [0.717, 1.165) is 29.4 Å². The molecule has 2 aliphatic heterocycles. The molecule has 0 amide bonds. The van der Waals surface area contributed by atoms with E-state index in [4.69, 9.17) is 4.74 Å². The minimum Gasteiger partial charge on any atom is -0.453 e. The van der Waals surface area contributed by atoms with Gasteiger partial charge in [-0.15, -0.1) is 0 Å². The van der Waals surface area contributed by atoms with E-state index < -0.39 is 0 Å². The van der Waals surface area contributed by atoms with Crippen molar-refractivity contribution in [2.45, 2.75) is 46.1 Å². The number of nitrogens with zero attached hydrogens (tertiary/aromatic N) is 2. The number of fused-ring (bicyclic) bond motifs is 4. The van der Waals surface area contributed by atoms with Gasteiger partial charge in [-0.2, -0.15) is 0 Å². The Labute approximate surface area is 208 Å². The van der Waals surface area contributed by atoms with Crippen molar-refractivity contribution in [3.05, 3.63) is 96.1 Å². The van der Waals surface area contributed by atoms with Gasteiger partial charge in [-0.3, -0.25) is 0 Å². The van der Waals surface area contributed by atoms with Crippen LogP contribution in [0.2, 0.25) is 0 Å². The molecule has 4 aromatic rings. The van der Waals surface area contributed by atoms with Gasteiger partial charge in [0.1, 0.15) is 0 Å². The Kier molecular flexibility index (Phi) is 4.93. The Bertz CT molecular complexity index is 1440. The molecular formula is C32H32N2O. The lowest BCUT2D eigenvalue weighted by molar-refractivity contribution is 0.474. The molecule has 0 unspecified atom stereocenters.